The summed E-state index contributed by atoms with van der Waals surface area (Å²) in [4.78, 5) is 21.6. The topological polar surface area (TPSA) is 139 Å². The third kappa shape index (κ3) is 1.77. The van der Waals surface area contributed by atoms with E-state index < -0.39 is 36.8 Å². The lowest BCUT2D eigenvalue weighted by Crippen LogP contribution is -2.30. The highest BCUT2D eigenvalue weighted by Gasteiger charge is 2.45. The first kappa shape index (κ1) is 13.0. The summed E-state index contributed by atoms with van der Waals surface area (Å²) in [5.41, 5.74) is 4.91. The number of nitrogens with zero attached hydrogens (tertiary/aromatic N) is 3. The van der Waals surface area contributed by atoms with E-state index in [0.717, 1.165) is 0 Å². The first-order valence-electron chi connectivity index (χ1n) is 5.83. The SMILES string of the molecule is Nc1nc2c(ncn2[C@H]2O[C@@H](CO)[C@H](O)[C@H]2F)c(=O)[nH]1. The molecule has 1 fully saturated rings. The number of anilines is 1. The van der Waals surface area contributed by atoms with Crippen LogP contribution in [0.4, 0.5) is 10.3 Å². The largest absolute Gasteiger partial charge is 0.394 e. The fourth-order valence-corrected chi connectivity index (χ4v) is 2.21. The van der Waals surface area contributed by atoms with Crippen LogP contribution in [0.5, 0.6) is 0 Å². The zero-order chi connectivity index (χ0) is 14.4. The minimum atomic E-state index is -1.79. The van der Waals surface area contributed by atoms with Crippen LogP contribution in [-0.2, 0) is 4.74 Å². The maximum absolute atomic E-state index is 14.0. The molecular formula is C10H12FN5O4. The van der Waals surface area contributed by atoms with Crippen LogP contribution in [0.25, 0.3) is 11.2 Å². The standard InChI is InChI=1S/C10H12FN5O4/c11-4-6(18)3(1-17)20-9(4)16-2-13-5-7(16)14-10(12)15-8(5)19/h2-4,6,9,17-18H,1H2,(H3,12,14,15,19)/t3-,4+,6-,9-/m0/s1. The predicted molar refractivity (Wildman–Crippen MR) is 64.5 cm³/mol. The van der Waals surface area contributed by atoms with Crippen molar-refractivity contribution in [1.29, 1.82) is 0 Å². The number of aliphatic hydroxyl groups excluding tert-OH is 2. The number of hydrogen-bond acceptors (Lipinski definition) is 7. The number of rotatable bonds is 2. The van der Waals surface area contributed by atoms with E-state index >= 15 is 0 Å². The van der Waals surface area contributed by atoms with Gasteiger partial charge in [-0.15, -0.1) is 0 Å². The van der Waals surface area contributed by atoms with Crippen LogP contribution < -0.4 is 11.3 Å². The molecule has 10 heteroatoms. The second-order valence-electron chi connectivity index (χ2n) is 4.46. The molecule has 20 heavy (non-hydrogen) atoms. The Morgan fingerprint density at radius 2 is 2.35 bits per heavy atom. The number of nitrogens with two attached hydrogens (primary N) is 1. The van der Waals surface area contributed by atoms with Gasteiger partial charge in [0.25, 0.3) is 5.56 Å². The molecule has 0 amide bonds. The van der Waals surface area contributed by atoms with Gasteiger partial charge in [0.05, 0.1) is 12.9 Å². The Balaban J connectivity index is 2.09. The number of alkyl halides is 1. The van der Waals surface area contributed by atoms with Crippen molar-refractivity contribution < 1.29 is 19.3 Å². The molecule has 2 aromatic heterocycles. The van der Waals surface area contributed by atoms with Gasteiger partial charge in [-0.25, -0.2) is 9.37 Å². The molecule has 1 aliphatic rings. The summed E-state index contributed by atoms with van der Waals surface area (Å²) < 4.78 is 20.4. The third-order valence-electron chi connectivity index (χ3n) is 3.20. The fraction of sp³-hybridized carbons (Fsp3) is 0.500. The molecule has 0 unspecified atom stereocenters. The maximum Gasteiger partial charge on any atom is 0.280 e. The van der Waals surface area contributed by atoms with Gasteiger partial charge in [-0.3, -0.25) is 14.3 Å². The van der Waals surface area contributed by atoms with E-state index in [0.29, 0.717) is 0 Å². The summed E-state index contributed by atoms with van der Waals surface area (Å²) in [5.74, 6) is -0.142. The minimum absolute atomic E-state index is 0.0167. The Kier molecular flexibility index (Phi) is 2.92. The molecule has 3 heterocycles. The minimum Gasteiger partial charge on any atom is -0.394 e. The van der Waals surface area contributed by atoms with Gasteiger partial charge in [0.1, 0.15) is 12.2 Å². The number of hydrogen-bond donors (Lipinski definition) is 4. The lowest BCUT2D eigenvalue weighted by atomic mass is 10.1. The van der Waals surface area contributed by atoms with E-state index in [1.807, 2.05) is 0 Å². The van der Waals surface area contributed by atoms with Crippen molar-refractivity contribution in [1.82, 2.24) is 19.5 Å². The van der Waals surface area contributed by atoms with Crippen molar-refractivity contribution in [2.45, 2.75) is 24.6 Å². The van der Waals surface area contributed by atoms with Gasteiger partial charge < -0.3 is 20.7 Å². The molecule has 108 valence electrons. The Labute approximate surface area is 110 Å². The zero-order valence-corrected chi connectivity index (χ0v) is 10.1. The molecule has 2 aromatic rings. The molecule has 4 atom stereocenters. The van der Waals surface area contributed by atoms with Crippen molar-refractivity contribution in [3.05, 3.63) is 16.7 Å². The van der Waals surface area contributed by atoms with E-state index in [1.54, 1.807) is 0 Å². The number of ether oxygens (including phenoxy) is 1. The molecule has 3 rings (SSSR count). The summed E-state index contributed by atoms with van der Waals surface area (Å²) >= 11 is 0. The van der Waals surface area contributed by atoms with Crippen LogP contribution in [0.2, 0.25) is 0 Å². The monoisotopic (exact) mass is 285 g/mol. The van der Waals surface area contributed by atoms with E-state index in [2.05, 4.69) is 15.0 Å². The normalized spacial score (nSPS) is 30.1. The molecular weight excluding hydrogens is 273 g/mol. The van der Waals surface area contributed by atoms with Crippen LogP contribution in [0.1, 0.15) is 6.23 Å². The van der Waals surface area contributed by atoms with Gasteiger partial charge in [0, 0.05) is 0 Å². The number of halogens is 1. The van der Waals surface area contributed by atoms with Crippen LogP contribution in [0.15, 0.2) is 11.1 Å². The fourth-order valence-electron chi connectivity index (χ4n) is 2.21. The molecule has 0 radical (unpaired) electrons. The van der Waals surface area contributed by atoms with Crippen molar-refractivity contribution >= 4 is 17.1 Å². The number of aromatic amines is 1. The summed E-state index contributed by atoms with van der Waals surface area (Å²) in [5, 5.41) is 18.6. The van der Waals surface area contributed by atoms with Crippen LogP contribution in [0.3, 0.4) is 0 Å². The molecule has 9 nitrogen and oxygen atoms in total. The predicted octanol–water partition coefficient (Wildman–Crippen LogP) is -1.71. The number of fused-ring (bicyclic) bond motifs is 1. The van der Waals surface area contributed by atoms with E-state index in [4.69, 9.17) is 15.6 Å². The highest BCUT2D eigenvalue weighted by molar-refractivity contribution is 5.70. The third-order valence-corrected chi connectivity index (χ3v) is 3.20. The Morgan fingerprint density at radius 1 is 1.60 bits per heavy atom. The lowest BCUT2D eigenvalue weighted by Gasteiger charge is -2.14. The highest BCUT2D eigenvalue weighted by Crippen LogP contribution is 2.32. The molecule has 0 saturated carbocycles. The maximum atomic E-state index is 14.0. The van der Waals surface area contributed by atoms with Gasteiger partial charge in [0.2, 0.25) is 5.95 Å². The Hall–Kier alpha value is -2.04. The van der Waals surface area contributed by atoms with E-state index in [1.165, 1.54) is 10.9 Å². The van der Waals surface area contributed by atoms with Gasteiger partial charge in [-0.05, 0) is 0 Å². The number of nitrogen functional groups attached to an aromatic ring is 1. The summed E-state index contributed by atoms with van der Waals surface area (Å²) in [6.07, 6.45) is -4.36. The Bertz CT molecular complexity index is 701. The number of imidazole rings is 1. The number of aromatic nitrogens is 4. The number of nitrogens with one attached hydrogen (secondary N) is 1. The average molecular weight is 285 g/mol. The Morgan fingerprint density at radius 3 is 3.00 bits per heavy atom. The summed E-state index contributed by atoms with van der Waals surface area (Å²) in [6, 6.07) is 0. The number of aliphatic hydroxyl groups is 2. The van der Waals surface area contributed by atoms with Gasteiger partial charge >= 0.3 is 0 Å². The van der Waals surface area contributed by atoms with Crippen molar-refractivity contribution in [3.63, 3.8) is 0 Å². The van der Waals surface area contributed by atoms with Crippen molar-refractivity contribution in [3.8, 4) is 0 Å². The van der Waals surface area contributed by atoms with Crippen LogP contribution >= 0.6 is 0 Å². The second-order valence-corrected chi connectivity index (χ2v) is 4.46. The second kappa shape index (κ2) is 4.51. The highest BCUT2D eigenvalue weighted by atomic mass is 19.1. The molecule has 0 aromatic carbocycles. The van der Waals surface area contributed by atoms with Crippen LogP contribution in [-0.4, -0.2) is 54.7 Å². The quantitative estimate of drug-likeness (QED) is 0.515. The van der Waals surface area contributed by atoms with Crippen LogP contribution in [0, 0.1) is 0 Å². The van der Waals surface area contributed by atoms with Gasteiger partial charge in [-0.1, -0.05) is 0 Å². The molecule has 0 aliphatic carbocycles. The zero-order valence-electron chi connectivity index (χ0n) is 10.1. The van der Waals surface area contributed by atoms with Crippen molar-refractivity contribution in [2.75, 3.05) is 12.3 Å². The molecule has 0 bridgehead atoms. The summed E-state index contributed by atoms with van der Waals surface area (Å²) in [7, 11) is 0. The molecule has 1 aliphatic heterocycles. The molecule has 5 N–H and O–H groups in total. The van der Waals surface area contributed by atoms with Gasteiger partial charge in [-0.2, -0.15) is 4.98 Å². The molecule has 0 spiro atoms. The van der Waals surface area contributed by atoms with Crippen molar-refractivity contribution in [2.24, 2.45) is 0 Å². The first-order chi connectivity index (χ1) is 9.52. The summed E-state index contributed by atoms with van der Waals surface area (Å²) in [6.45, 7) is -0.527. The average Bonchev–Trinajstić information content (AvgIpc) is 2.93. The lowest BCUT2D eigenvalue weighted by molar-refractivity contribution is -0.0459. The smallest absolute Gasteiger partial charge is 0.280 e. The van der Waals surface area contributed by atoms with Gasteiger partial charge in [0.15, 0.2) is 23.6 Å². The van der Waals surface area contributed by atoms with E-state index in [-0.39, 0.29) is 17.1 Å². The number of H-pyrrole nitrogens is 1. The molecule has 1 saturated heterocycles. The van der Waals surface area contributed by atoms with E-state index in [9.17, 15) is 14.3 Å². The first-order valence-corrected chi connectivity index (χ1v) is 5.83.